The number of hydrogen-bond donors (Lipinski definition) is 1. The molecular formula is C19H14Br2N2O4. The summed E-state index contributed by atoms with van der Waals surface area (Å²) >= 11 is 6.65. The van der Waals surface area contributed by atoms with Crippen molar-refractivity contribution in [2.45, 2.75) is 0 Å². The summed E-state index contributed by atoms with van der Waals surface area (Å²) in [6, 6.07) is 13.9. The van der Waals surface area contributed by atoms with E-state index in [0.717, 1.165) is 4.47 Å². The average Bonchev–Trinajstić information content (AvgIpc) is 2.66. The van der Waals surface area contributed by atoms with Crippen LogP contribution in [0, 0.1) is 11.3 Å². The number of esters is 1. The van der Waals surface area contributed by atoms with Gasteiger partial charge in [0, 0.05) is 10.2 Å². The van der Waals surface area contributed by atoms with Gasteiger partial charge in [0.05, 0.1) is 11.6 Å². The Bertz CT molecular complexity index is 918. The van der Waals surface area contributed by atoms with Crippen LogP contribution in [0.2, 0.25) is 0 Å². The highest BCUT2D eigenvalue weighted by molar-refractivity contribution is 9.10. The van der Waals surface area contributed by atoms with Crippen molar-refractivity contribution in [3.05, 3.63) is 62.5 Å². The third-order valence-corrected chi connectivity index (χ3v) is 4.46. The molecule has 27 heavy (non-hydrogen) atoms. The second kappa shape index (κ2) is 9.90. The quantitative estimate of drug-likeness (QED) is 0.368. The molecule has 0 spiro atoms. The zero-order valence-electron chi connectivity index (χ0n) is 14.2. The molecule has 0 heterocycles. The van der Waals surface area contributed by atoms with E-state index in [1.54, 1.807) is 42.5 Å². The Morgan fingerprint density at radius 1 is 1.19 bits per heavy atom. The van der Waals surface area contributed by atoms with E-state index in [9.17, 15) is 14.9 Å². The number of anilines is 1. The normalized spacial score (nSPS) is 10.7. The first-order valence-corrected chi connectivity index (χ1v) is 9.19. The highest BCUT2D eigenvalue weighted by atomic mass is 79.9. The number of ether oxygens (including phenoxy) is 2. The molecule has 2 rings (SSSR count). The van der Waals surface area contributed by atoms with E-state index in [1.807, 2.05) is 6.07 Å². The minimum atomic E-state index is -0.512. The van der Waals surface area contributed by atoms with Gasteiger partial charge in [-0.15, -0.1) is 0 Å². The highest BCUT2D eigenvalue weighted by Gasteiger charge is 2.11. The first-order chi connectivity index (χ1) is 12.9. The second-order valence-corrected chi connectivity index (χ2v) is 6.96. The van der Waals surface area contributed by atoms with Crippen molar-refractivity contribution in [3.63, 3.8) is 0 Å². The zero-order valence-corrected chi connectivity index (χ0v) is 17.3. The maximum atomic E-state index is 12.3. The van der Waals surface area contributed by atoms with Gasteiger partial charge in [-0.3, -0.25) is 4.79 Å². The zero-order chi connectivity index (χ0) is 19.8. The number of nitrogens with one attached hydrogen (secondary N) is 1. The Balaban J connectivity index is 2.13. The molecular weight excluding hydrogens is 480 g/mol. The van der Waals surface area contributed by atoms with Gasteiger partial charge < -0.3 is 14.8 Å². The van der Waals surface area contributed by atoms with Crippen LogP contribution in [0.4, 0.5) is 5.69 Å². The van der Waals surface area contributed by atoms with Crippen LogP contribution in [0.1, 0.15) is 5.56 Å². The number of nitrogens with zero attached hydrogens (tertiary/aromatic N) is 1. The molecule has 6 nitrogen and oxygen atoms in total. The molecule has 0 aliphatic carbocycles. The predicted octanol–water partition coefficient (Wildman–Crippen LogP) is 4.31. The standard InChI is InChI=1S/C19H14Br2N2O4/c1-26-18(24)11-27-17-7-2-12(9-16(17)21)8-13(10-22)19(25)23-15-5-3-14(20)4-6-15/h2-9H,11H2,1H3,(H,23,25)/b13-8-. The largest absolute Gasteiger partial charge is 0.481 e. The lowest BCUT2D eigenvalue weighted by Crippen LogP contribution is -2.13. The van der Waals surface area contributed by atoms with Gasteiger partial charge >= 0.3 is 5.97 Å². The molecule has 0 bridgehead atoms. The summed E-state index contributed by atoms with van der Waals surface area (Å²) in [5.74, 6) is -0.570. The summed E-state index contributed by atoms with van der Waals surface area (Å²) in [6.45, 7) is -0.219. The van der Waals surface area contributed by atoms with Crippen molar-refractivity contribution < 1.29 is 19.1 Å². The van der Waals surface area contributed by atoms with Crippen LogP contribution in [0.3, 0.4) is 0 Å². The molecule has 0 unspecified atom stereocenters. The molecule has 0 atom stereocenters. The van der Waals surface area contributed by atoms with E-state index in [4.69, 9.17) is 4.74 Å². The summed E-state index contributed by atoms with van der Waals surface area (Å²) in [6.07, 6.45) is 1.46. The van der Waals surface area contributed by atoms with Crippen LogP contribution in [0.5, 0.6) is 5.75 Å². The van der Waals surface area contributed by atoms with Crippen LogP contribution >= 0.6 is 31.9 Å². The molecule has 8 heteroatoms. The number of amides is 1. The molecule has 2 aromatic rings. The van der Waals surface area contributed by atoms with Crippen LogP contribution < -0.4 is 10.1 Å². The number of rotatable bonds is 6. The van der Waals surface area contributed by atoms with Gasteiger partial charge in [-0.25, -0.2) is 4.79 Å². The molecule has 0 aliphatic heterocycles. The van der Waals surface area contributed by atoms with E-state index in [1.165, 1.54) is 13.2 Å². The van der Waals surface area contributed by atoms with Crippen LogP contribution in [0.25, 0.3) is 6.08 Å². The van der Waals surface area contributed by atoms with E-state index in [0.29, 0.717) is 21.5 Å². The van der Waals surface area contributed by atoms with E-state index in [-0.39, 0.29) is 12.2 Å². The predicted molar refractivity (Wildman–Crippen MR) is 108 cm³/mol. The summed E-state index contributed by atoms with van der Waals surface area (Å²) in [7, 11) is 1.28. The summed E-state index contributed by atoms with van der Waals surface area (Å²) in [4.78, 5) is 23.4. The molecule has 1 N–H and O–H groups in total. The van der Waals surface area contributed by atoms with E-state index < -0.39 is 11.9 Å². The van der Waals surface area contributed by atoms with Crippen molar-refractivity contribution in [2.24, 2.45) is 0 Å². The number of carbonyl (C=O) groups is 2. The van der Waals surface area contributed by atoms with Crippen molar-refractivity contribution in [1.82, 2.24) is 0 Å². The monoisotopic (exact) mass is 492 g/mol. The van der Waals surface area contributed by atoms with Gasteiger partial charge in [0.15, 0.2) is 6.61 Å². The first-order valence-electron chi connectivity index (χ1n) is 7.61. The van der Waals surface area contributed by atoms with Crippen LogP contribution in [-0.4, -0.2) is 25.6 Å². The van der Waals surface area contributed by atoms with Crippen molar-refractivity contribution in [3.8, 4) is 11.8 Å². The molecule has 2 aromatic carbocycles. The maximum Gasteiger partial charge on any atom is 0.343 e. The molecule has 0 saturated heterocycles. The molecule has 0 aromatic heterocycles. The topological polar surface area (TPSA) is 88.4 Å². The number of carbonyl (C=O) groups excluding carboxylic acids is 2. The second-order valence-electron chi connectivity index (χ2n) is 5.19. The Kier molecular flexibility index (Phi) is 7.58. The molecule has 0 fully saturated rings. The minimum Gasteiger partial charge on any atom is -0.481 e. The highest BCUT2D eigenvalue weighted by Crippen LogP contribution is 2.27. The number of methoxy groups -OCH3 is 1. The number of benzene rings is 2. The fourth-order valence-electron chi connectivity index (χ4n) is 1.97. The van der Waals surface area contributed by atoms with Crippen molar-refractivity contribution in [1.29, 1.82) is 5.26 Å². The van der Waals surface area contributed by atoms with Crippen LogP contribution in [0.15, 0.2) is 57.0 Å². The Morgan fingerprint density at radius 2 is 1.89 bits per heavy atom. The first kappa shape index (κ1) is 20.7. The number of nitriles is 1. The molecule has 138 valence electrons. The minimum absolute atomic E-state index is 0.0481. The van der Waals surface area contributed by atoms with E-state index in [2.05, 4.69) is 41.9 Å². The van der Waals surface area contributed by atoms with Crippen molar-refractivity contribution >= 4 is 55.5 Å². The third kappa shape index (κ3) is 6.24. The number of hydrogen-bond acceptors (Lipinski definition) is 5. The van der Waals surface area contributed by atoms with Gasteiger partial charge in [-0.2, -0.15) is 5.26 Å². The lowest BCUT2D eigenvalue weighted by molar-refractivity contribution is -0.142. The average molecular weight is 494 g/mol. The van der Waals surface area contributed by atoms with Gasteiger partial charge in [0.25, 0.3) is 5.91 Å². The molecule has 1 amide bonds. The fourth-order valence-corrected chi connectivity index (χ4v) is 2.74. The Hall–Kier alpha value is -2.63. The summed E-state index contributed by atoms with van der Waals surface area (Å²) < 4.78 is 11.3. The molecule has 0 saturated carbocycles. The smallest absolute Gasteiger partial charge is 0.343 e. The Morgan fingerprint density at radius 3 is 2.48 bits per heavy atom. The van der Waals surface area contributed by atoms with Crippen LogP contribution in [-0.2, 0) is 14.3 Å². The van der Waals surface area contributed by atoms with Gasteiger partial charge in [0.1, 0.15) is 17.4 Å². The van der Waals surface area contributed by atoms with Gasteiger partial charge in [0.2, 0.25) is 0 Å². The third-order valence-electron chi connectivity index (χ3n) is 3.31. The molecule has 0 radical (unpaired) electrons. The Labute approximate surface area is 173 Å². The maximum absolute atomic E-state index is 12.3. The van der Waals surface area contributed by atoms with E-state index >= 15 is 0 Å². The SMILES string of the molecule is COC(=O)COc1ccc(/C=C(/C#N)C(=O)Nc2ccc(Br)cc2)cc1Br. The summed E-state index contributed by atoms with van der Waals surface area (Å²) in [5, 5.41) is 12.0. The fraction of sp³-hybridized carbons (Fsp3) is 0.105. The van der Waals surface area contributed by atoms with Crippen molar-refractivity contribution in [2.75, 3.05) is 19.0 Å². The number of halogens is 2. The lowest BCUT2D eigenvalue weighted by atomic mass is 10.1. The summed E-state index contributed by atoms with van der Waals surface area (Å²) in [5.41, 5.74) is 1.15. The van der Waals surface area contributed by atoms with Gasteiger partial charge in [-0.05, 0) is 64.0 Å². The molecule has 0 aliphatic rings. The van der Waals surface area contributed by atoms with Gasteiger partial charge in [-0.1, -0.05) is 22.0 Å². The lowest BCUT2D eigenvalue weighted by Gasteiger charge is -2.08.